The molecule has 0 spiro atoms. The highest BCUT2D eigenvalue weighted by Gasteiger charge is 2.35. The maximum absolute atomic E-state index is 5.56. The van der Waals surface area contributed by atoms with Crippen LogP contribution < -0.4 is 5.32 Å². The van der Waals surface area contributed by atoms with Gasteiger partial charge in [-0.15, -0.1) is 0 Å². The van der Waals surface area contributed by atoms with Gasteiger partial charge in [-0.2, -0.15) is 11.8 Å². The summed E-state index contributed by atoms with van der Waals surface area (Å²) in [5, 5.41) is 3.59. The van der Waals surface area contributed by atoms with Crippen molar-refractivity contribution in [2.45, 2.75) is 24.5 Å². The van der Waals surface area contributed by atoms with E-state index in [0.29, 0.717) is 6.04 Å². The van der Waals surface area contributed by atoms with E-state index in [1.807, 2.05) is 11.8 Å². The molecule has 14 heavy (non-hydrogen) atoms. The van der Waals surface area contributed by atoms with Gasteiger partial charge < -0.3 is 14.8 Å². The molecule has 3 nitrogen and oxygen atoms in total. The Morgan fingerprint density at radius 3 is 3.14 bits per heavy atom. The third-order valence-corrected chi connectivity index (χ3v) is 4.31. The second kappa shape index (κ2) is 4.84. The molecule has 0 saturated carbocycles. The van der Waals surface area contributed by atoms with Gasteiger partial charge in [-0.05, 0) is 12.2 Å². The molecule has 0 aliphatic carbocycles. The fourth-order valence-corrected chi connectivity index (χ4v) is 3.17. The number of ether oxygens (including phenoxy) is 2. The van der Waals surface area contributed by atoms with E-state index in [1.165, 1.54) is 17.9 Å². The van der Waals surface area contributed by atoms with Gasteiger partial charge >= 0.3 is 0 Å². The van der Waals surface area contributed by atoms with Gasteiger partial charge in [-0.3, -0.25) is 0 Å². The minimum atomic E-state index is -0.0484. The number of thioether (sulfide) groups is 1. The van der Waals surface area contributed by atoms with Crippen molar-refractivity contribution in [1.82, 2.24) is 5.32 Å². The lowest BCUT2D eigenvalue weighted by molar-refractivity contribution is -0.0170. The molecule has 2 fully saturated rings. The Balaban J connectivity index is 1.76. The van der Waals surface area contributed by atoms with Crippen LogP contribution in [0.4, 0.5) is 0 Å². The smallest absolute Gasteiger partial charge is 0.106 e. The van der Waals surface area contributed by atoms with Crippen LogP contribution in [0.15, 0.2) is 0 Å². The molecular weight excluding hydrogens is 198 g/mol. The molecule has 0 aromatic heterocycles. The predicted octanol–water partition coefficient (Wildman–Crippen LogP) is 0.887. The van der Waals surface area contributed by atoms with Gasteiger partial charge in [0.1, 0.15) is 5.60 Å². The highest BCUT2D eigenvalue weighted by atomic mass is 32.2. The Bertz CT molecular complexity index is 177. The Kier molecular flexibility index (Phi) is 3.71. The maximum Gasteiger partial charge on any atom is 0.106 e. The van der Waals surface area contributed by atoms with E-state index in [9.17, 15) is 0 Å². The second-order valence-corrected chi connectivity index (χ2v) is 5.28. The lowest BCUT2D eigenvalue weighted by atomic mass is 10.0. The maximum atomic E-state index is 5.56. The third kappa shape index (κ3) is 2.42. The van der Waals surface area contributed by atoms with E-state index in [1.54, 1.807) is 7.11 Å². The molecule has 4 heteroatoms. The molecule has 2 heterocycles. The third-order valence-electron chi connectivity index (χ3n) is 3.14. The molecule has 2 aliphatic heterocycles. The number of hydrogen-bond donors (Lipinski definition) is 1. The zero-order valence-electron chi connectivity index (χ0n) is 8.75. The zero-order valence-corrected chi connectivity index (χ0v) is 9.57. The summed E-state index contributed by atoms with van der Waals surface area (Å²) in [6.07, 6.45) is 2.32. The van der Waals surface area contributed by atoms with Gasteiger partial charge in [-0.1, -0.05) is 0 Å². The van der Waals surface area contributed by atoms with E-state index in [4.69, 9.17) is 9.47 Å². The molecule has 2 atom stereocenters. The minimum absolute atomic E-state index is 0.0484. The van der Waals surface area contributed by atoms with Crippen molar-refractivity contribution < 1.29 is 9.47 Å². The van der Waals surface area contributed by atoms with Crippen LogP contribution in [0.1, 0.15) is 12.8 Å². The van der Waals surface area contributed by atoms with E-state index in [-0.39, 0.29) is 5.60 Å². The highest BCUT2D eigenvalue weighted by Crippen LogP contribution is 2.23. The van der Waals surface area contributed by atoms with Crippen LogP contribution in [0, 0.1) is 0 Å². The van der Waals surface area contributed by atoms with Gasteiger partial charge in [0, 0.05) is 38.5 Å². The standard InChI is InChI=1S/C10H19NO2S/c1-12-10(3-4-13-8-10)7-11-9-2-5-14-6-9/h9,11H,2-8H2,1H3. The molecule has 0 aromatic rings. The minimum Gasteiger partial charge on any atom is -0.378 e. The second-order valence-electron chi connectivity index (χ2n) is 4.13. The van der Waals surface area contributed by atoms with Crippen LogP contribution in [0.2, 0.25) is 0 Å². The van der Waals surface area contributed by atoms with Gasteiger partial charge in [0.05, 0.1) is 6.61 Å². The summed E-state index contributed by atoms with van der Waals surface area (Å²) in [7, 11) is 1.79. The van der Waals surface area contributed by atoms with Crippen molar-refractivity contribution in [3.63, 3.8) is 0 Å². The van der Waals surface area contributed by atoms with Crippen LogP contribution in [0.5, 0.6) is 0 Å². The lowest BCUT2D eigenvalue weighted by Crippen LogP contribution is -2.46. The van der Waals surface area contributed by atoms with E-state index in [0.717, 1.165) is 26.2 Å². The predicted molar refractivity (Wildman–Crippen MR) is 58.9 cm³/mol. The van der Waals surface area contributed by atoms with Crippen molar-refractivity contribution >= 4 is 11.8 Å². The summed E-state index contributed by atoms with van der Waals surface area (Å²) in [4.78, 5) is 0. The molecule has 2 saturated heterocycles. The van der Waals surface area contributed by atoms with Crippen LogP contribution in [-0.2, 0) is 9.47 Å². The number of rotatable bonds is 4. The van der Waals surface area contributed by atoms with Gasteiger partial charge in [0.25, 0.3) is 0 Å². The van der Waals surface area contributed by atoms with E-state index >= 15 is 0 Å². The largest absolute Gasteiger partial charge is 0.378 e. The Labute approximate surface area is 89.9 Å². The average Bonchev–Trinajstić information content (AvgIpc) is 2.87. The topological polar surface area (TPSA) is 30.5 Å². The first-order chi connectivity index (χ1) is 6.85. The first-order valence-corrected chi connectivity index (χ1v) is 6.44. The molecule has 0 radical (unpaired) electrons. The van der Waals surface area contributed by atoms with Crippen molar-refractivity contribution in [2.24, 2.45) is 0 Å². The summed E-state index contributed by atoms with van der Waals surface area (Å²) < 4.78 is 11.0. The van der Waals surface area contributed by atoms with Crippen molar-refractivity contribution in [2.75, 3.05) is 38.4 Å². The van der Waals surface area contributed by atoms with Crippen molar-refractivity contribution in [3.05, 3.63) is 0 Å². The Morgan fingerprint density at radius 1 is 1.64 bits per heavy atom. The van der Waals surface area contributed by atoms with Crippen LogP contribution in [-0.4, -0.2) is 50.0 Å². The molecule has 1 N–H and O–H groups in total. The first-order valence-electron chi connectivity index (χ1n) is 5.29. The summed E-state index contributed by atoms with van der Waals surface area (Å²) in [5.41, 5.74) is -0.0484. The molecule has 2 unspecified atom stereocenters. The van der Waals surface area contributed by atoms with E-state index in [2.05, 4.69) is 5.32 Å². The molecule has 0 amide bonds. The monoisotopic (exact) mass is 217 g/mol. The summed E-state index contributed by atoms with van der Waals surface area (Å²) >= 11 is 2.04. The molecule has 2 rings (SSSR count). The quantitative estimate of drug-likeness (QED) is 0.757. The van der Waals surface area contributed by atoms with Crippen molar-refractivity contribution in [3.8, 4) is 0 Å². The normalized spacial score (nSPS) is 37.9. The summed E-state index contributed by atoms with van der Waals surface area (Å²) in [5.74, 6) is 2.55. The molecule has 0 bridgehead atoms. The number of nitrogens with one attached hydrogen (secondary N) is 1. The first kappa shape index (κ1) is 10.7. The van der Waals surface area contributed by atoms with Crippen LogP contribution in [0.3, 0.4) is 0 Å². The number of hydrogen-bond acceptors (Lipinski definition) is 4. The average molecular weight is 217 g/mol. The van der Waals surface area contributed by atoms with E-state index < -0.39 is 0 Å². The summed E-state index contributed by atoms with van der Waals surface area (Å²) in [6.45, 7) is 2.53. The highest BCUT2D eigenvalue weighted by molar-refractivity contribution is 7.99. The van der Waals surface area contributed by atoms with Crippen LogP contribution in [0.25, 0.3) is 0 Å². The van der Waals surface area contributed by atoms with Gasteiger partial charge in [0.2, 0.25) is 0 Å². The van der Waals surface area contributed by atoms with Crippen LogP contribution >= 0.6 is 11.8 Å². The molecule has 0 aromatic carbocycles. The SMILES string of the molecule is COC1(CNC2CCSC2)CCOC1. The van der Waals surface area contributed by atoms with Gasteiger partial charge in [-0.25, -0.2) is 0 Å². The molecular formula is C10H19NO2S. The zero-order chi connectivity index (χ0) is 9.86. The van der Waals surface area contributed by atoms with Crippen molar-refractivity contribution in [1.29, 1.82) is 0 Å². The molecule has 2 aliphatic rings. The fraction of sp³-hybridized carbons (Fsp3) is 1.00. The fourth-order valence-electron chi connectivity index (χ4n) is 1.99. The summed E-state index contributed by atoms with van der Waals surface area (Å²) in [6, 6.07) is 0.688. The molecule has 82 valence electrons. The number of methoxy groups -OCH3 is 1. The lowest BCUT2D eigenvalue weighted by Gasteiger charge is -2.27. The van der Waals surface area contributed by atoms with Gasteiger partial charge in [0.15, 0.2) is 0 Å². The Morgan fingerprint density at radius 2 is 2.57 bits per heavy atom. The Hall–Kier alpha value is 0.230.